The Bertz CT molecular complexity index is 559. The van der Waals surface area contributed by atoms with E-state index < -0.39 is 15.6 Å². The van der Waals surface area contributed by atoms with E-state index in [1.807, 2.05) is 0 Å². The number of amidine groups is 1. The summed E-state index contributed by atoms with van der Waals surface area (Å²) in [6.07, 6.45) is 6.50. The van der Waals surface area contributed by atoms with Gasteiger partial charge in [-0.15, -0.1) is 0 Å². The number of nitrogens with zero attached hydrogens (tertiary/aromatic N) is 1. The molecule has 7 nitrogen and oxygen atoms in total. The number of aromatic amines is 1. The van der Waals surface area contributed by atoms with Gasteiger partial charge in [0.2, 0.25) is 0 Å². The van der Waals surface area contributed by atoms with Crippen LogP contribution in [-0.4, -0.2) is 29.8 Å². The highest BCUT2D eigenvalue weighted by molar-refractivity contribution is 7.89. The molecule has 0 amide bonds. The Hall–Kier alpha value is -1.41. The van der Waals surface area contributed by atoms with Crippen molar-refractivity contribution in [3.63, 3.8) is 0 Å². The van der Waals surface area contributed by atoms with E-state index in [1.165, 1.54) is 12.5 Å². The first-order valence-corrected chi connectivity index (χ1v) is 8.25. The van der Waals surface area contributed by atoms with Crippen LogP contribution in [0.4, 0.5) is 0 Å². The van der Waals surface area contributed by atoms with E-state index in [9.17, 15) is 8.42 Å². The highest BCUT2D eigenvalue weighted by Gasteiger charge is 2.41. The zero-order chi connectivity index (χ0) is 14.8. The molecular weight excluding hydrogens is 278 g/mol. The van der Waals surface area contributed by atoms with Gasteiger partial charge in [0.05, 0.1) is 18.1 Å². The van der Waals surface area contributed by atoms with E-state index >= 15 is 0 Å². The Morgan fingerprint density at radius 3 is 2.70 bits per heavy atom. The highest BCUT2D eigenvalue weighted by Crippen LogP contribution is 2.34. The molecule has 0 atom stereocenters. The Kier molecular flexibility index (Phi) is 4.14. The molecule has 20 heavy (non-hydrogen) atoms. The first-order valence-electron chi connectivity index (χ1n) is 6.76. The number of H-pyrrole nitrogens is 1. The maximum absolute atomic E-state index is 12.3. The smallest absolute Gasteiger partial charge is 0.258 e. The molecule has 1 heterocycles. The summed E-state index contributed by atoms with van der Waals surface area (Å²) in [6.45, 7) is 2.13. The van der Waals surface area contributed by atoms with Crippen molar-refractivity contribution >= 4 is 15.9 Å². The summed E-state index contributed by atoms with van der Waals surface area (Å²) in [5.74, 6) is 0.467. The molecular formula is C12H21N5O2S. The summed E-state index contributed by atoms with van der Waals surface area (Å²) in [4.78, 5) is 6.29. The van der Waals surface area contributed by atoms with Crippen LogP contribution in [0.3, 0.4) is 0 Å². The van der Waals surface area contributed by atoms with Gasteiger partial charge in [0.1, 0.15) is 5.84 Å². The van der Waals surface area contributed by atoms with Crippen LogP contribution in [-0.2, 0) is 10.0 Å². The van der Waals surface area contributed by atoms with Crippen molar-refractivity contribution in [1.82, 2.24) is 14.7 Å². The molecule has 1 aliphatic carbocycles. The fraction of sp³-hybridized carbons (Fsp3) is 0.667. The average Bonchev–Trinajstić information content (AvgIpc) is 2.93. The molecule has 1 saturated carbocycles. The van der Waals surface area contributed by atoms with Crippen LogP contribution in [0.5, 0.6) is 0 Å². The van der Waals surface area contributed by atoms with Crippen molar-refractivity contribution in [2.75, 3.05) is 0 Å². The lowest BCUT2D eigenvalue weighted by Gasteiger charge is -2.39. The molecule has 0 radical (unpaired) electrons. The molecule has 0 bridgehead atoms. The van der Waals surface area contributed by atoms with Gasteiger partial charge in [-0.25, -0.2) is 13.4 Å². The molecule has 1 aromatic rings. The van der Waals surface area contributed by atoms with Crippen molar-refractivity contribution < 1.29 is 8.42 Å². The number of nitrogens with one attached hydrogen (secondary N) is 3. The summed E-state index contributed by atoms with van der Waals surface area (Å²) in [5.41, 5.74) is 4.72. The molecule has 8 heteroatoms. The van der Waals surface area contributed by atoms with Gasteiger partial charge < -0.3 is 10.7 Å². The maximum atomic E-state index is 12.3. The van der Waals surface area contributed by atoms with Gasteiger partial charge in [-0.2, -0.15) is 4.72 Å². The zero-order valence-electron chi connectivity index (χ0n) is 11.5. The fourth-order valence-corrected chi connectivity index (χ4v) is 4.05. The lowest BCUT2D eigenvalue weighted by molar-refractivity contribution is 0.266. The number of aromatic nitrogens is 2. The first-order chi connectivity index (χ1) is 9.39. The molecule has 112 valence electrons. The number of sulfonamides is 1. The van der Waals surface area contributed by atoms with E-state index in [0.29, 0.717) is 18.8 Å². The van der Waals surface area contributed by atoms with Crippen LogP contribution in [0.1, 0.15) is 39.0 Å². The number of rotatable bonds is 5. The third-order valence-corrected chi connectivity index (χ3v) is 5.61. The third kappa shape index (κ3) is 2.85. The SMILES string of the molecule is CCC1CCC(NS(=O)(=O)c2cnc[nH]2)(C(=N)N)CC1. The van der Waals surface area contributed by atoms with E-state index in [2.05, 4.69) is 21.6 Å². The second kappa shape index (κ2) is 5.53. The average molecular weight is 299 g/mol. The molecule has 5 N–H and O–H groups in total. The van der Waals surface area contributed by atoms with Crippen molar-refractivity contribution in [2.45, 2.75) is 49.6 Å². The predicted molar refractivity (Wildman–Crippen MR) is 75.8 cm³/mol. The topological polar surface area (TPSA) is 125 Å². The van der Waals surface area contributed by atoms with Crippen molar-refractivity contribution in [2.24, 2.45) is 11.7 Å². The Balaban J connectivity index is 2.21. The minimum atomic E-state index is -3.73. The summed E-state index contributed by atoms with van der Waals surface area (Å²) < 4.78 is 27.2. The zero-order valence-corrected chi connectivity index (χ0v) is 12.3. The standard InChI is InChI=1S/C12H21N5O2S/c1-2-9-3-5-12(6-4-9,11(13)14)17-20(18,19)10-7-15-8-16-10/h7-9,17H,2-6H2,1H3,(H3,13,14)(H,15,16). The molecule has 0 saturated heterocycles. The van der Waals surface area contributed by atoms with Gasteiger partial charge in [0.15, 0.2) is 5.03 Å². The van der Waals surface area contributed by atoms with Gasteiger partial charge in [0, 0.05) is 0 Å². The van der Waals surface area contributed by atoms with Gasteiger partial charge in [-0.3, -0.25) is 5.41 Å². The van der Waals surface area contributed by atoms with Gasteiger partial charge in [-0.1, -0.05) is 13.3 Å². The normalized spacial score (nSPS) is 27.4. The molecule has 0 aliphatic heterocycles. The van der Waals surface area contributed by atoms with E-state index in [1.54, 1.807) is 0 Å². The minimum Gasteiger partial charge on any atom is -0.386 e. The lowest BCUT2D eigenvalue weighted by atomic mass is 9.75. The van der Waals surface area contributed by atoms with Crippen LogP contribution >= 0.6 is 0 Å². The molecule has 0 aromatic carbocycles. The third-order valence-electron chi connectivity index (χ3n) is 4.14. The van der Waals surface area contributed by atoms with Gasteiger partial charge >= 0.3 is 0 Å². The van der Waals surface area contributed by atoms with Crippen LogP contribution in [0.15, 0.2) is 17.6 Å². The molecule has 1 fully saturated rings. The first kappa shape index (κ1) is 15.0. The van der Waals surface area contributed by atoms with Crippen LogP contribution in [0.25, 0.3) is 0 Å². The monoisotopic (exact) mass is 299 g/mol. The second-order valence-corrected chi connectivity index (χ2v) is 7.02. The molecule has 1 aromatic heterocycles. The number of hydrogen-bond acceptors (Lipinski definition) is 4. The number of imidazole rings is 1. The molecule has 2 rings (SSSR count). The Morgan fingerprint density at radius 1 is 1.60 bits per heavy atom. The van der Waals surface area contributed by atoms with Crippen LogP contribution in [0, 0.1) is 11.3 Å². The Labute approximate surface area is 118 Å². The maximum Gasteiger partial charge on any atom is 0.258 e. The van der Waals surface area contributed by atoms with Crippen molar-refractivity contribution in [1.29, 1.82) is 5.41 Å². The molecule has 0 unspecified atom stereocenters. The summed E-state index contributed by atoms with van der Waals surface area (Å²) in [5, 5.41) is 7.79. The van der Waals surface area contributed by atoms with E-state index in [-0.39, 0.29) is 10.9 Å². The second-order valence-electron chi connectivity index (χ2n) is 5.37. The van der Waals surface area contributed by atoms with Gasteiger partial charge in [0.25, 0.3) is 10.0 Å². The van der Waals surface area contributed by atoms with Gasteiger partial charge in [-0.05, 0) is 31.6 Å². The van der Waals surface area contributed by atoms with Crippen LogP contribution < -0.4 is 10.5 Å². The van der Waals surface area contributed by atoms with E-state index in [4.69, 9.17) is 11.1 Å². The molecule has 0 spiro atoms. The quantitative estimate of drug-likeness (QED) is 0.477. The van der Waals surface area contributed by atoms with E-state index in [0.717, 1.165) is 19.3 Å². The fourth-order valence-electron chi connectivity index (χ4n) is 2.71. The summed E-state index contributed by atoms with van der Waals surface area (Å²) in [6, 6.07) is 0. The largest absolute Gasteiger partial charge is 0.386 e. The lowest BCUT2D eigenvalue weighted by Crippen LogP contribution is -2.58. The number of hydrogen-bond donors (Lipinski definition) is 4. The van der Waals surface area contributed by atoms with Crippen LogP contribution in [0.2, 0.25) is 0 Å². The van der Waals surface area contributed by atoms with Crippen molar-refractivity contribution in [3.8, 4) is 0 Å². The minimum absolute atomic E-state index is 0.00394. The molecule has 1 aliphatic rings. The highest BCUT2D eigenvalue weighted by atomic mass is 32.2. The Morgan fingerprint density at radius 2 is 2.25 bits per heavy atom. The summed E-state index contributed by atoms with van der Waals surface area (Å²) in [7, 11) is -3.73. The summed E-state index contributed by atoms with van der Waals surface area (Å²) >= 11 is 0. The van der Waals surface area contributed by atoms with Crippen molar-refractivity contribution in [3.05, 3.63) is 12.5 Å². The predicted octanol–water partition coefficient (Wildman–Crippen LogP) is 0.963. The number of nitrogens with two attached hydrogens (primary N) is 1.